The van der Waals surface area contributed by atoms with Crippen LogP contribution in [0.4, 0.5) is 0 Å². The molecule has 0 bridgehead atoms. The number of methoxy groups -OCH3 is 1. The molecule has 1 aromatic carbocycles. The largest absolute Gasteiger partial charge is 0.494 e. The van der Waals surface area contributed by atoms with Crippen LogP contribution in [0.1, 0.15) is 5.82 Å². The molecule has 0 aliphatic heterocycles. The minimum absolute atomic E-state index is 0.0245. The van der Waals surface area contributed by atoms with Crippen LogP contribution in [-0.2, 0) is 6.42 Å². The van der Waals surface area contributed by atoms with E-state index in [1.165, 1.54) is 4.68 Å². The molecular formula is C10H11ClN4O2. The number of aliphatic hydroxyl groups excluding tert-OH is 1. The van der Waals surface area contributed by atoms with Gasteiger partial charge in [0.1, 0.15) is 11.4 Å². The Labute approximate surface area is 103 Å². The van der Waals surface area contributed by atoms with E-state index < -0.39 is 0 Å². The van der Waals surface area contributed by atoms with E-state index in [0.717, 1.165) is 0 Å². The van der Waals surface area contributed by atoms with Gasteiger partial charge in [0.25, 0.3) is 0 Å². The minimum Gasteiger partial charge on any atom is -0.494 e. The maximum Gasteiger partial charge on any atom is 0.159 e. The highest BCUT2D eigenvalue weighted by atomic mass is 35.5. The molecule has 6 nitrogen and oxygen atoms in total. The second-order valence-corrected chi connectivity index (χ2v) is 3.73. The summed E-state index contributed by atoms with van der Waals surface area (Å²) in [5.74, 6) is 1.16. The van der Waals surface area contributed by atoms with Crippen LogP contribution in [0.3, 0.4) is 0 Å². The fourth-order valence-electron chi connectivity index (χ4n) is 1.48. The van der Waals surface area contributed by atoms with Crippen LogP contribution in [0, 0.1) is 0 Å². The zero-order valence-electron chi connectivity index (χ0n) is 9.17. The molecular weight excluding hydrogens is 244 g/mol. The van der Waals surface area contributed by atoms with Gasteiger partial charge < -0.3 is 9.84 Å². The molecule has 0 spiro atoms. The highest BCUT2D eigenvalue weighted by molar-refractivity contribution is 6.30. The number of halogens is 1. The molecule has 0 amide bonds. The Balaban J connectivity index is 2.51. The predicted molar refractivity (Wildman–Crippen MR) is 61.5 cm³/mol. The van der Waals surface area contributed by atoms with Crippen LogP contribution < -0.4 is 4.74 Å². The van der Waals surface area contributed by atoms with Gasteiger partial charge in [-0.25, -0.2) is 0 Å². The molecule has 0 saturated heterocycles. The van der Waals surface area contributed by atoms with Gasteiger partial charge in [-0.05, 0) is 28.6 Å². The lowest BCUT2D eigenvalue weighted by Gasteiger charge is -2.09. The molecule has 0 saturated carbocycles. The Kier molecular flexibility index (Phi) is 3.55. The van der Waals surface area contributed by atoms with Gasteiger partial charge in [0.05, 0.1) is 13.7 Å². The first kappa shape index (κ1) is 11.8. The fraction of sp³-hybridized carbons (Fsp3) is 0.300. The quantitative estimate of drug-likeness (QED) is 0.876. The van der Waals surface area contributed by atoms with Crippen molar-refractivity contribution < 1.29 is 9.84 Å². The van der Waals surface area contributed by atoms with Crippen molar-refractivity contribution >= 4 is 11.6 Å². The number of tetrazole rings is 1. The van der Waals surface area contributed by atoms with Crippen molar-refractivity contribution in [3.8, 4) is 11.4 Å². The maximum atomic E-state index is 8.92. The molecule has 1 heterocycles. The van der Waals surface area contributed by atoms with Gasteiger partial charge in [0.2, 0.25) is 0 Å². The van der Waals surface area contributed by atoms with Gasteiger partial charge in [-0.1, -0.05) is 11.6 Å². The first-order chi connectivity index (χ1) is 8.26. The molecule has 1 aromatic heterocycles. The third-order valence-corrected chi connectivity index (χ3v) is 2.47. The lowest BCUT2D eigenvalue weighted by atomic mass is 10.3. The van der Waals surface area contributed by atoms with Gasteiger partial charge in [0.15, 0.2) is 5.82 Å². The van der Waals surface area contributed by atoms with Crippen LogP contribution in [-0.4, -0.2) is 39.0 Å². The number of hydrogen-bond acceptors (Lipinski definition) is 5. The standard InChI is InChI=1S/C10H11ClN4O2/c1-17-9-3-2-7(11)6-8(9)15-10(4-5-16)12-13-14-15/h2-3,6,16H,4-5H2,1H3. The Hall–Kier alpha value is -1.66. The van der Waals surface area contributed by atoms with Crippen molar-refractivity contribution in [2.45, 2.75) is 6.42 Å². The number of hydrogen-bond donors (Lipinski definition) is 1. The summed E-state index contributed by atoms with van der Waals surface area (Å²) in [5.41, 5.74) is 0.647. The van der Waals surface area contributed by atoms with Crippen molar-refractivity contribution in [2.75, 3.05) is 13.7 Å². The molecule has 0 radical (unpaired) electrons. The Morgan fingerprint density at radius 1 is 1.47 bits per heavy atom. The molecule has 7 heteroatoms. The first-order valence-corrected chi connectivity index (χ1v) is 5.36. The molecule has 90 valence electrons. The Morgan fingerprint density at radius 2 is 2.29 bits per heavy atom. The summed E-state index contributed by atoms with van der Waals surface area (Å²) in [6, 6.07) is 5.17. The zero-order valence-corrected chi connectivity index (χ0v) is 9.92. The van der Waals surface area contributed by atoms with E-state index in [1.54, 1.807) is 25.3 Å². The van der Waals surface area contributed by atoms with Gasteiger partial charge in [0, 0.05) is 11.4 Å². The van der Waals surface area contributed by atoms with Crippen LogP contribution in [0.25, 0.3) is 5.69 Å². The van der Waals surface area contributed by atoms with Crippen LogP contribution in [0.15, 0.2) is 18.2 Å². The molecule has 0 fully saturated rings. The van der Waals surface area contributed by atoms with E-state index in [4.69, 9.17) is 21.4 Å². The molecule has 0 atom stereocenters. The van der Waals surface area contributed by atoms with E-state index in [1.807, 2.05) is 0 Å². The molecule has 1 N–H and O–H groups in total. The predicted octanol–water partition coefficient (Wildman–Crippen LogP) is 0.859. The van der Waals surface area contributed by atoms with Gasteiger partial charge >= 0.3 is 0 Å². The average Bonchev–Trinajstić information content (AvgIpc) is 2.77. The molecule has 2 aromatic rings. The van der Waals surface area contributed by atoms with Crippen LogP contribution in [0.2, 0.25) is 5.02 Å². The number of ether oxygens (including phenoxy) is 1. The summed E-state index contributed by atoms with van der Waals surface area (Å²) in [6.45, 7) is -0.0245. The lowest BCUT2D eigenvalue weighted by Crippen LogP contribution is -2.06. The van der Waals surface area contributed by atoms with E-state index in [2.05, 4.69) is 15.5 Å². The van der Waals surface area contributed by atoms with E-state index in [0.29, 0.717) is 28.7 Å². The third kappa shape index (κ3) is 2.37. The number of rotatable bonds is 4. The third-order valence-electron chi connectivity index (χ3n) is 2.24. The highest BCUT2D eigenvalue weighted by Crippen LogP contribution is 2.26. The molecule has 2 rings (SSSR count). The number of aliphatic hydroxyl groups is 1. The first-order valence-electron chi connectivity index (χ1n) is 4.98. The SMILES string of the molecule is COc1ccc(Cl)cc1-n1nnnc1CCO. The average molecular weight is 255 g/mol. The van der Waals surface area contributed by atoms with E-state index in [9.17, 15) is 0 Å². The molecule has 17 heavy (non-hydrogen) atoms. The monoisotopic (exact) mass is 254 g/mol. The Morgan fingerprint density at radius 3 is 3.00 bits per heavy atom. The second kappa shape index (κ2) is 5.11. The van der Waals surface area contributed by atoms with Crippen molar-refractivity contribution in [3.63, 3.8) is 0 Å². The summed E-state index contributed by atoms with van der Waals surface area (Å²) in [5, 5.41) is 20.8. The highest BCUT2D eigenvalue weighted by Gasteiger charge is 2.12. The normalized spacial score (nSPS) is 10.5. The molecule has 0 aliphatic rings. The van der Waals surface area contributed by atoms with Crippen molar-refractivity contribution in [1.82, 2.24) is 20.2 Å². The molecule has 0 unspecified atom stereocenters. The van der Waals surface area contributed by atoms with Crippen molar-refractivity contribution in [1.29, 1.82) is 0 Å². The Bertz CT molecular complexity index is 515. The zero-order chi connectivity index (χ0) is 12.3. The topological polar surface area (TPSA) is 73.1 Å². The van der Waals surface area contributed by atoms with Gasteiger partial charge in [-0.2, -0.15) is 4.68 Å². The maximum absolute atomic E-state index is 8.92. The summed E-state index contributed by atoms with van der Waals surface area (Å²) in [7, 11) is 1.56. The molecule has 0 aliphatic carbocycles. The van der Waals surface area contributed by atoms with E-state index >= 15 is 0 Å². The van der Waals surface area contributed by atoms with Gasteiger partial charge in [-0.15, -0.1) is 5.10 Å². The minimum atomic E-state index is -0.0245. The summed E-state index contributed by atoms with van der Waals surface area (Å²) in [6.07, 6.45) is 0.364. The lowest BCUT2D eigenvalue weighted by molar-refractivity contribution is 0.295. The summed E-state index contributed by atoms with van der Waals surface area (Å²) >= 11 is 5.93. The number of nitrogens with zero attached hydrogens (tertiary/aromatic N) is 4. The second-order valence-electron chi connectivity index (χ2n) is 3.30. The van der Waals surface area contributed by atoms with Gasteiger partial charge in [-0.3, -0.25) is 0 Å². The van der Waals surface area contributed by atoms with Crippen LogP contribution >= 0.6 is 11.6 Å². The smallest absolute Gasteiger partial charge is 0.159 e. The fourth-order valence-corrected chi connectivity index (χ4v) is 1.64. The van der Waals surface area contributed by atoms with Crippen molar-refractivity contribution in [3.05, 3.63) is 29.0 Å². The summed E-state index contributed by atoms with van der Waals surface area (Å²) < 4.78 is 6.72. The number of aromatic nitrogens is 4. The number of benzene rings is 1. The van der Waals surface area contributed by atoms with Crippen molar-refractivity contribution in [2.24, 2.45) is 0 Å². The summed E-state index contributed by atoms with van der Waals surface area (Å²) in [4.78, 5) is 0. The van der Waals surface area contributed by atoms with E-state index in [-0.39, 0.29) is 6.61 Å². The van der Waals surface area contributed by atoms with Crippen LogP contribution in [0.5, 0.6) is 5.75 Å².